The molecule has 3 unspecified atom stereocenters. The van der Waals surface area contributed by atoms with Crippen LogP contribution in [0.25, 0.3) is 0 Å². The summed E-state index contributed by atoms with van der Waals surface area (Å²) in [5.41, 5.74) is 0.336. The summed E-state index contributed by atoms with van der Waals surface area (Å²) in [6.07, 6.45) is 11.1. The van der Waals surface area contributed by atoms with Crippen molar-refractivity contribution in [3.05, 3.63) is 36.5 Å². The average Bonchev–Trinajstić information content (AvgIpc) is 2.78. The molecule has 0 saturated heterocycles. The molecule has 8 nitrogen and oxygen atoms in total. The van der Waals surface area contributed by atoms with E-state index in [2.05, 4.69) is 20.1 Å². The molecule has 0 aliphatic heterocycles. The zero-order chi connectivity index (χ0) is 27.5. The molecule has 204 valence electrons. The molecule has 0 fully saturated rings. The number of hydrogen-bond acceptors (Lipinski definition) is 8. The largest absolute Gasteiger partial charge is 0.425 e. The van der Waals surface area contributed by atoms with Gasteiger partial charge in [-0.15, -0.1) is 0 Å². The van der Waals surface area contributed by atoms with Gasteiger partial charge in [0.05, 0.1) is 12.3 Å². The van der Waals surface area contributed by atoms with Gasteiger partial charge in [0.15, 0.2) is 0 Å². The van der Waals surface area contributed by atoms with Crippen LogP contribution < -0.4 is 0 Å². The maximum atomic E-state index is 12.7. The van der Waals surface area contributed by atoms with Gasteiger partial charge in [-0.05, 0) is 26.7 Å². The third kappa shape index (κ3) is 16.7. The maximum absolute atomic E-state index is 12.7. The molecule has 8 heteroatoms. The first-order valence-electron chi connectivity index (χ1n) is 12.8. The van der Waals surface area contributed by atoms with E-state index in [1.54, 1.807) is 6.08 Å². The summed E-state index contributed by atoms with van der Waals surface area (Å²) in [5.74, 6) is -3.83. The number of carbonyl (C=O) groups is 4. The first-order valence-corrected chi connectivity index (χ1v) is 12.8. The van der Waals surface area contributed by atoms with Crippen molar-refractivity contribution in [2.24, 2.45) is 5.92 Å². The maximum Gasteiger partial charge on any atom is 0.336 e. The Morgan fingerprint density at radius 2 is 1.19 bits per heavy atom. The number of rotatable bonds is 19. The molecule has 0 aromatic heterocycles. The van der Waals surface area contributed by atoms with Gasteiger partial charge in [-0.1, -0.05) is 77.2 Å². The number of hydrogen-bond donors (Lipinski definition) is 0. The van der Waals surface area contributed by atoms with Crippen LogP contribution in [-0.4, -0.2) is 36.5 Å². The summed E-state index contributed by atoms with van der Waals surface area (Å²) >= 11 is 0. The van der Waals surface area contributed by atoms with Crippen LogP contribution >= 0.6 is 0 Å². The Morgan fingerprint density at radius 3 is 1.69 bits per heavy atom. The minimum atomic E-state index is -1.16. The number of carbonyl (C=O) groups excluding carboxylic acids is 4. The Balaban J connectivity index is 4.90. The zero-order valence-corrected chi connectivity index (χ0v) is 22.6. The molecule has 0 N–H and O–H groups in total. The van der Waals surface area contributed by atoms with Crippen LogP contribution in [0.3, 0.4) is 0 Å². The van der Waals surface area contributed by atoms with E-state index in [0.717, 1.165) is 19.3 Å². The van der Waals surface area contributed by atoms with Crippen molar-refractivity contribution in [2.45, 2.75) is 111 Å². The van der Waals surface area contributed by atoms with E-state index in [9.17, 15) is 19.2 Å². The SMILES string of the molecule is C=C(C)C(=O)OC(C)OC(=O)CC(/C=C/CCCCCCCCCC)C(=O)OC(C)OC(=O)C(=C)C. The lowest BCUT2D eigenvalue weighted by Crippen LogP contribution is -2.29. The third-order valence-corrected chi connectivity index (χ3v) is 5.10. The van der Waals surface area contributed by atoms with Gasteiger partial charge in [-0.3, -0.25) is 9.59 Å². The van der Waals surface area contributed by atoms with E-state index in [1.807, 2.05) is 6.08 Å². The molecule has 0 bridgehead atoms. The number of allylic oxidation sites excluding steroid dienone is 1. The number of unbranched alkanes of at least 4 members (excludes halogenated alkanes) is 8. The topological polar surface area (TPSA) is 105 Å². The standard InChI is InChI=1S/C28H44O8/c1-8-9-10-11-12-13-14-15-16-17-18-24(28(32)36-23(7)35-27(31)21(4)5)19-25(29)33-22(6)34-26(30)20(2)3/h17-18,22-24H,2,4,8-16,19H2,1,3,5-7H3/b18-17+. The average molecular weight is 509 g/mol. The van der Waals surface area contributed by atoms with Crippen LogP contribution in [0.2, 0.25) is 0 Å². The van der Waals surface area contributed by atoms with Crippen molar-refractivity contribution < 1.29 is 38.1 Å². The van der Waals surface area contributed by atoms with Gasteiger partial charge in [0.2, 0.25) is 12.6 Å². The fraction of sp³-hybridized carbons (Fsp3) is 0.643. The molecule has 0 radical (unpaired) electrons. The molecule has 0 aromatic rings. The van der Waals surface area contributed by atoms with Crippen molar-refractivity contribution in [3.63, 3.8) is 0 Å². The lowest BCUT2D eigenvalue weighted by atomic mass is 10.0. The van der Waals surface area contributed by atoms with Crippen molar-refractivity contribution in [1.82, 2.24) is 0 Å². The zero-order valence-electron chi connectivity index (χ0n) is 22.6. The van der Waals surface area contributed by atoms with Crippen LogP contribution in [0.4, 0.5) is 0 Å². The van der Waals surface area contributed by atoms with Crippen molar-refractivity contribution in [3.8, 4) is 0 Å². The van der Waals surface area contributed by atoms with Crippen LogP contribution in [-0.2, 0) is 38.1 Å². The molecule has 0 aliphatic carbocycles. The molecule has 0 spiro atoms. The van der Waals surface area contributed by atoms with E-state index in [4.69, 9.17) is 18.9 Å². The van der Waals surface area contributed by atoms with E-state index in [0.29, 0.717) is 0 Å². The lowest BCUT2D eigenvalue weighted by Gasteiger charge is -2.18. The second-order valence-electron chi connectivity index (χ2n) is 8.94. The highest BCUT2D eigenvalue weighted by Crippen LogP contribution is 2.15. The van der Waals surface area contributed by atoms with E-state index < -0.39 is 42.4 Å². The summed E-state index contributed by atoms with van der Waals surface area (Å²) in [5, 5.41) is 0. The van der Waals surface area contributed by atoms with Gasteiger partial charge in [0, 0.05) is 25.0 Å². The first-order chi connectivity index (χ1) is 17.0. The first kappa shape index (κ1) is 33.1. The van der Waals surface area contributed by atoms with Gasteiger partial charge in [0.25, 0.3) is 0 Å². The summed E-state index contributed by atoms with van der Waals surface area (Å²) in [6.45, 7) is 14.9. The molecule has 0 amide bonds. The molecule has 0 saturated carbocycles. The summed E-state index contributed by atoms with van der Waals surface area (Å²) in [6, 6.07) is 0. The van der Waals surface area contributed by atoms with Gasteiger partial charge >= 0.3 is 23.9 Å². The van der Waals surface area contributed by atoms with E-state index in [-0.39, 0.29) is 17.6 Å². The smallest absolute Gasteiger partial charge is 0.336 e. The Morgan fingerprint density at radius 1 is 0.722 bits per heavy atom. The lowest BCUT2D eigenvalue weighted by molar-refractivity contribution is -0.189. The second kappa shape index (κ2) is 19.3. The molecular weight excluding hydrogens is 464 g/mol. The van der Waals surface area contributed by atoms with Gasteiger partial charge in [-0.2, -0.15) is 0 Å². The minimum absolute atomic E-state index is 0.168. The van der Waals surface area contributed by atoms with Gasteiger partial charge < -0.3 is 18.9 Å². The van der Waals surface area contributed by atoms with E-state index >= 15 is 0 Å². The Kier molecular flexibility index (Phi) is 17.8. The molecule has 0 heterocycles. The fourth-order valence-electron chi connectivity index (χ4n) is 3.10. The monoisotopic (exact) mass is 508 g/mol. The Labute approximate surface area is 216 Å². The number of ether oxygens (including phenoxy) is 4. The second-order valence-corrected chi connectivity index (χ2v) is 8.94. The number of esters is 4. The van der Waals surface area contributed by atoms with Crippen LogP contribution in [0.1, 0.15) is 98.8 Å². The summed E-state index contributed by atoms with van der Waals surface area (Å²) in [4.78, 5) is 48.3. The molecule has 36 heavy (non-hydrogen) atoms. The molecule has 0 aliphatic rings. The third-order valence-electron chi connectivity index (χ3n) is 5.10. The predicted molar refractivity (Wildman–Crippen MR) is 137 cm³/mol. The highest BCUT2D eigenvalue weighted by Gasteiger charge is 2.26. The van der Waals surface area contributed by atoms with Crippen molar-refractivity contribution >= 4 is 23.9 Å². The predicted octanol–water partition coefficient (Wildman–Crippen LogP) is 6.10. The fourth-order valence-corrected chi connectivity index (χ4v) is 3.10. The van der Waals surface area contributed by atoms with Crippen molar-refractivity contribution in [2.75, 3.05) is 0 Å². The van der Waals surface area contributed by atoms with Crippen LogP contribution in [0.15, 0.2) is 36.5 Å². The van der Waals surface area contributed by atoms with Gasteiger partial charge in [-0.25, -0.2) is 9.59 Å². The van der Waals surface area contributed by atoms with Crippen LogP contribution in [0.5, 0.6) is 0 Å². The molecule has 0 rings (SSSR count). The van der Waals surface area contributed by atoms with E-state index in [1.165, 1.54) is 66.2 Å². The highest BCUT2D eigenvalue weighted by atomic mass is 16.7. The normalized spacial score (nSPS) is 13.4. The minimum Gasteiger partial charge on any atom is -0.425 e. The summed E-state index contributed by atoms with van der Waals surface area (Å²) < 4.78 is 20.2. The Bertz CT molecular complexity index is 768. The van der Waals surface area contributed by atoms with Crippen LogP contribution in [0, 0.1) is 5.92 Å². The quantitative estimate of drug-likeness (QED) is 0.0678. The van der Waals surface area contributed by atoms with Gasteiger partial charge in [0.1, 0.15) is 0 Å². The molecular formula is C28H44O8. The highest BCUT2D eigenvalue weighted by molar-refractivity contribution is 5.87. The molecule has 3 atom stereocenters. The summed E-state index contributed by atoms with van der Waals surface area (Å²) in [7, 11) is 0. The Hall–Kier alpha value is -2.90. The van der Waals surface area contributed by atoms with Crippen molar-refractivity contribution in [1.29, 1.82) is 0 Å². The molecule has 0 aromatic carbocycles.